The van der Waals surface area contributed by atoms with E-state index in [0.717, 1.165) is 32.5 Å². The molecule has 5 nitrogen and oxygen atoms in total. The van der Waals surface area contributed by atoms with Crippen molar-refractivity contribution in [3.8, 4) is 0 Å². The quantitative estimate of drug-likeness (QED) is 0.804. The van der Waals surface area contributed by atoms with Gasteiger partial charge in [-0.15, -0.1) is 0 Å². The smallest absolute Gasteiger partial charge is 0.413 e. The standard InChI is InChI=1S/C13H25N3O2/c1-10(15-12(17)18-13(2,3)4)16-7-5-11(9-14)6-8-16/h11H,1,5-9,14H2,2-4H3,(H,15,17). The summed E-state index contributed by atoms with van der Waals surface area (Å²) < 4.78 is 5.18. The van der Waals surface area contributed by atoms with E-state index in [0.29, 0.717) is 11.7 Å². The molecule has 1 amide bonds. The third-order valence-corrected chi connectivity index (χ3v) is 2.97. The first-order valence-corrected chi connectivity index (χ1v) is 6.45. The Hall–Kier alpha value is -1.23. The predicted molar refractivity (Wildman–Crippen MR) is 71.9 cm³/mol. The Morgan fingerprint density at radius 2 is 2.00 bits per heavy atom. The molecule has 0 atom stereocenters. The van der Waals surface area contributed by atoms with Crippen molar-refractivity contribution < 1.29 is 9.53 Å². The molecule has 3 N–H and O–H groups in total. The number of nitrogens with one attached hydrogen (secondary N) is 1. The molecule has 0 aromatic carbocycles. The lowest BCUT2D eigenvalue weighted by Crippen LogP contribution is -2.42. The second-order valence-electron chi connectivity index (χ2n) is 5.74. The second-order valence-corrected chi connectivity index (χ2v) is 5.74. The minimum absolute atomic E-state index is 0.451. The van der Waals surface area contributed by atoms with Gasteiger partial charge < -0.3 is 15.4 Å². The summed E-state index contributed by atoms with van der Waals surface area (Å²) in [5, 5.41) is 2.68. The van der Waals surface area contributed by atoms with Gasteiger partial charge in [-0.3, -0.25) is 5.32 Å². The van der Waals surface area contributed by atoms with Crippen molar-refractivity contribution in [3.63, 3.8) is 0 Å². The van der Waals surface area contributed by atoms with Crippen molar-refractivity contribution in [1.82, 2.24) is 10.2 Å². The summed E-state index contributed by atoms with van der Waals surface area (Å²) in [5.74, 6) is 1.20. The Kier molecular flexibility index (Phi) is 5.02. The number of alkyl carbamates (subject to hydrolysis) is 1. The summed E-state index contributed by atoms with van der Waals surface area (Å²) in [5.41, 5.74) is 5.16. The van der Waals surface area contributed by atoms with Gasteiger partial charge in [-0.1, -0.05) is 6.58 Å². The molecule has 1 rings (SSSR count). The van der Waals surface area contributed by atoms with Gasteiger partial charge in [0.15, 0.2) is 0 Å². The summed E-state index contributed by atoms with van der Waals surface area (Å²) >= 11 is 0. The topological polar surface area (TPSA) is 67.6 Å². The molecule has 0 aromatic heterocycles. The minimum atomic E-state index is -0.489. The summed E-state index contributed by atoms with van der Waals surface area (Å²) in [4.78, 5) is 13.7. The fourth-order valence-corrected chi connectivity index (χ4v) is 1.94. The number of amides is 1. The highest BCUT2D eigenvalue weighted by Crippen LogP contribution is 2.18. The molecular formula is C13H25N3O2. The van der Waals surface area contributed by atoms with Crippen molar-refractivity contribution >= 4 is 6.09 Å². The molecule has 0 aliphatic carbocycles. The van der Waals surface area contributed by atoms with Gasteiger partial charge in [0.05, 0.1) is 0 Å². The molecule has 1 aliphatic rings. The maximum Gasteiger partial charge on any atom is 0.413 e. The lowest BCUT2D eigenvalue weighted by Gasteiger charge is -2.34. The van der Waals surface area contributed by atoms with Crippen LogP contribution in [0.3, 0.4) is 0 Å². The summed E-state index contributed by atoms with van der Waals surface area (Å²) in [6, 6.07) is 0. The minimum Gasteiger partial charge on any atom is -0.444 e. The number of hydrogen-bond donors (Lipinski definition) is 2. The van der Waals surface area contributed by atoms with Gasteiger partial charge in [0.2, 0.25) is 0 Å². The number of piperidine rings is 1. The van der Waals surface area contributed by atoms with Crippen LogP contribution in [0.5, 0.6) is 0 Å². The molecule has 0 aromatic rings. The first-order chi connectivity index (χ1) is 8.31. The molecule has 1 saturated heterocycles. The zero-order valence-electron chi connectivity index (χ0n) is 11.7. The van der Waals surface area contributed by atoms with Crippen molar-refractivity contribution in [2.45, 2.75) is 39.2 Å². The van der Waals surface area contributed by atoms with Crippen molar-refractivity contribution in [1.29, 1.82) is 0 Å². The molecule has 0 bridgehead atoms. The average Bonchev–Trinajstić information content (AvgIpc) is 2.26. The Bertz CT molecular complexity index is 302. The number of hydrogen-bond acceptors (Lipinski definition) is 4. The monoisotopic (exact) mass is 255 g/mol. The molecule has 18 heavy (non-hydrogen) atoms. The van der Waals surface area contributed by atoms with E-state index in [1.165, 1.54) is 0 Å². The van der Waals surface area contributed by atoms with Crippen LogP contribution in [0.1, 0.15) is 33.6 Å². The lowest BCUT2D eigenvalue weighted by molar-refractivity contribution is 0.0522. The molecule has 5 heteroatoms. The van der Waals surface area contributed by atoms with Crippen LogP contribution in [0, 0.1) is 5.92 Å². The van der Waals surface area contributed by atoms with E-state index in [2.05, 4.69) is 16.8 Å². The number of nitrogens with two attached hydrogens (primary N) is 1. The molecule has 0 saturated carbocycles. The van der Waals surface area contributed by atoms with E-state index in [1.807, 2.05) is 20.8 Å². The molecule has 0 unspecified atom stereocenters. The number of carbonyl (C=O) groups is 1. The highest BCUT2D eigenvalue weighted by Gasteiger charge is 2.21. The number of carbonyl (C=O) groups excluding carboxylic acids is 1. The fraction of sp³-hybridized carbons (Fsp3) is 0.769. The van der Waals surface area contributed by atoms with Gasteiger partial charge >= 0.3 is 6.09 Å². The third kappa shape index (κ3) is 4.96. The number of rotatable bonds is 3. The van der Waals surface area contributed by atoms with Gasteiger partial charge in [0.1, 0.15) is 11.4 Å². The molecule has 1 heterocycles. The van der Waals surface area contributed by atoms with Gasteiger partial charge in [0.25, 0.3) is 0 Å². The third-order valence-electron chi connectivity index (χ3n) is 2.97. The maximum atomic E-state index is 11.6. The normalized spacial score (nSPS) is 17.4. The van der Waals surface area contributed by atoms with Gasteiger partial charge in [-0.2, -0.15) is 0 Å². The van der Waals surface area contributed by atoms with E-state index >= 15 is 0 Å². The molecule has 1 aliphatic heterocycles. The zero-order valence-corrected chi connectivity index (χ0v) is 11.7. The van der Waals surface area contributed by atoms with Gasteiger partial charge in [0, 0.05) is 13.1 Å². The van der Waals surface area contributed by atoms with Crippen LogP contribution in [0.15, 0.2) is 12.4 Å². The van der Waals surface area contributed by atoms with E-state index in [9.17, 15) is 4.79 Å². The molecule has 0 spiro atoms. The molecule has 104 valence electrons. The van der Waals surface area contributed by atoms with Crippen molar-refractivity contribution in [3.05, 3.63) is 12.4 Å². The predicted octanol–water partition coefficient (Wildman–Crippen LogP) is 1.65. The van der Waals surface area contributed by atoms with Crippen LogP contribution < -0.4 is 11.1 Å². The average molecular weight is 255 g/mol. The number of ether oxygens (including phenoxy) is 1. The van der Waals surface area contributed by atoms with Crippen LogP contribution in [0.2, 0.25) is 0 Å². The van der Waals surface area contributed by atoms with Crippen LogP contribution in [0.4, 0.5) is 4.79 Å². The lowest BCUT2D eigenvalue weighted by atomic mass is 9.97. The highest BCUT2D eigenvalue weighted by molar-refractivity contribution is 5.69. The first kappa shape index (κ1) is 14.8. The van der Waals surface area contributed by atoms with E-state index in [-0.39, 0.29) is 0 Å². The Balaban J connectivity index is 2.35. The Morgan fingerprint density at radius 1 is 1.44 bits per heavy atom. The van der Waals surface area contributed by atoms with E-state index in [4.69, 9.17) is 10.5 Å². The van der Waals surface area contributed by atoms with Crippen LogP contribution in [-0.2, 0) is 4.74 Å². The first-order valence-electron chi connectivity index (χ1n) is 6.45. The SMILES string of the molecule is C=C(NC(=O)OC(C)(C)C)N1CCC(CN)CC1. The van der Waals surface area contributed by atoms with Crippen LogP contribution in [-0.4, -0.2) is 36.2 Å². The van der Waals surface area contributed by atoms with Crippen LogP contribution >= 0.6 is 0 Å². The summed E-state index contributed by atoms with van der Waals surface area (Å²) in [6.45, 7) is 11.9. The van der Waals surface area contributed by atoms with Crippen molar-refractivity contribution in [2.24, 2.45) is 11.7 Å². The number of nitrogens with zero attached hydrogens (tertiary/aromatic N) is 1. The van der Waals surface area contributed by atoms with Gasteiger partial charge in [-0.05, 0) is 46.1 Å². The number of likely N-dealkylation sites (tertiary alicyclic amines) is 1. The second kappa shape index (κ2) is 6.09. The largest absolute Gasteiger partial charge is 0.444 e. The summed E-state index contributed by atoms with van der Waals surface area (Å²) in [6.07, 6.45) is 1.64. The maximum absolute atomic E-state index is 11.6. The molecular weight excluding hydrogens is 230 g/mol. The van der Waals surface area contributed by atoms with Crippen LogP contribution in [0.25, 0.3) is 0 Å². The van der Waals surface area contributed by atoms with Crippen molar-refractivity contribution in [2.75, 3.05) is 19.6 Å². The fourth-order valence-electron chi connectivity index (χ4n) is 1.94. The molecule has 0 radical (unpaired) electrons. The Labute approximate surface area is 109 Å². The summed E-state index contributed by atoms with van der Waals surface area (Å²) in [7, 11) is 0. The zero-order chi connectivity index (χ0) is 13.8. The Morgan fingerprint density at radius 3 is 2.44 bits per heavy atom. The van der Waals surface area contributed by atoms with E-state index in [1.54, 1.807) is 0 Å². The molecule has 1 fully saturated rings. The van der Waals surface area contributed by atoms with E-state index < -0.39 is 11.7 Å². The van der Waals surface area contributed by atoms with Gasteiger partial charge in [-0.25, -0.2) is 4.79 Å². The highest BCUT2D eigenvalue weighted by atomic mass is 16.6.